The molecule has 0 spiro atoms. The van der Waals surface area contributed by atoms with Gasteiger partial charge in [-0.3, -0.25) is 0 Å². The molecule has 1 aromatic rings. The highest BCUT2D eigenvalue weighted by atomic mass is 16.3. The van der Waals surface area contributed by atoms with Gasteiger partial charge in [0.15, 0.2) is 0 Å². The molecule has 1 rings (SSSR count). The third-order valence-corrected chi connectivity index (χ3v) is 3.57. The molecule has 3 heteroatoms. The summed E-state index contributed by atoms with van der Waals surface area (Å²) in [7, 11) is 0. The van der Waals surface area contributed by atoms with Gasteiger partial charge in [-0.15, -0.1) is 0 Å². The fraction of sp³-hybridized carbons (Fsp3) is 0.625. The van der Waals surface area contributed by atoms with Crippen molar-refractivity contribution >= 4 is 0 Å². The lowest BCUT2D eigenvalue weighted by Crippen LogP contribution is -2.40. The maximum Gasteiger partial charge on any atom is 0.0786 e. The maximum absolute atomic E-state index is 9.48. The van der Waals surface area contributed by atoms with Gasteiger partial charge in [0.25, 0.3) is 0 Å². The summed E-state index contributed by atoms with van der Waals surface area (Å²) in [6, 6.07) is 4.47. The Hall–Kier alpha value is -0.900. The van der Waals surface area contributed by atoms with E-state index in [9.17, 15) is 5.11 Å². The van der Waals surface area contributed by atoms with Gasteiger partial charge in [-0.05, 0) is 37.5 Å². The summed E-state index contributed by atoms with van der Waals surface area (Å²) in [6.07, 6.45) is -0.462. The third-order valence-electron chi connectivity index (χ3n) is 3.57. The van der Waals surface area contributed by atoms with Crippen LogP contribution < -0.4 is 11.1 Å². The van der Waals surface area contributed by atoms with Crippen LogP contribution in [0, 0.1) is 20.8 Å². The summed E-state index contributed by atoms with van der Waals surface area (Å²) < 4.78 is 0. The lowest BCUT2D eigenvalue weighted by atomic mass is 9.78. The maximum atomic E-state index is 9.48. The SMILES string of the molecule is Cc1cc(C)c(C(C)(C)CNCC(O)CN)c(C)c1. The fourth-order valence-electron chi connectivity index (χ4n) is 2.97. The summed E-state index contributed by atoms with van der Waals surface area (Å²) >= 11 is 0. The Balaban J connectivity index is 2.82. The minimum Gasteiger partial charge on any atom is -0.390 e. The molecule has 0 saturated heterocycles. The summed E-state index contributed by atoms with van der Waals surface area (Å²) in [5.41, 5.74) is 10.8. The topological polar surface area (TPSA) is 58.3 Å². The molecule has 0 radical (unpaired) electrons. The first-order valence-electron chi connectivity index (χ1n) is 6.95. The molecule has 0 saturated carbocycles. The quantitative estimate of drug-likeness (QED) is 0.734. The number of nitrogens with two attached hydrogens (primary N) is 1. The van der Waals surface area contributed by atoms with Crippen LogP contribution in [-0.4, -0.2) is 30.8 Å². The van der Waals surface area contributed by atoms with Crippen LogP contribution in [0.4, 0.5) is 0 Å². The van der Waals surface area contributed by atoms with Crippen molar-refractivity contribution in [3.05, 3.63) is 34.4 Å². The number of benzene rings is 1. The Labute approximate surface area is 117 Å². The van der Waals surface area contributed by atoms with Crippen LogP contribution in [0.2, 0.25) is 0 Å². The van der Waals surface area contributed by atoms with Crippen LogP contribution >= 0.6 is 0 Å². The lowest BCUT2D eigenvalue weighted by Gasteiger charge is -2.30. The van der Waals surface area contributed by atoms with Gasteiger partial charge in [0.05, 0.1) is 6.10 Å². The molecule has 1 aromatic carbocycles. The van der Waals surface area contributed by atoms with Gasteiger partial charge < -0.3 is 16.2 Å². The number of aryl methyl sites for hydroxylation is 3. The highest BCUT2D eigenvalue weighted by Gasteiger charge is 2.24. The molecule has 0 aliphatic carbocycles. The molecule has 108 valence electrons. The molecule has 0 aliphatic rings. The second kappa shape index (κ2) is 6.51. The second-order valence-electron chi connectivity index (χ2n) is 6.18. The average Bonchev–Trinajstić information content (AvgIpc) is 2.26. The molecule has 0 amide bonds. The molecule has 19 heavy (non-hydrogen) atoms. The molecule has 1 unspecified atom stereocenters. The molecule has 1 atom stereocenters. The third kappa shape index (κ3) is 4.30. The van der Waals surface area contributed by atoms with Crippen molar-refractivity contribution < 1.29 is 5.11 Å². The summed E-state index contributed by atoms with van der Waals surface area (Å²) in [5, 5.41) is 12.8. The molecule has 0 fully saturated rings. The van der Waals surface area contributed by atoms with Crippen LogP contribution in [0.25, 0.3) is 0 Å². The van der Waals surface area contributed by atoms with Gasteiger partial charge in [0.2, 0.25) is 0 Å². The van der Waals surface area contributed by atoms with E-state index < -0.39 is 6.10 Å². The molecule has 4 N–H and O–H groups in total. The first-order chi connectivity index (χ1) is 8.77. The number of rotatable bonds is 6. The van der Waals surface area contributed by atoms with Crippen molar-refractivity contribution in [1.29, 1.82) is 0 Å². The van der Waals surface area contributed by atoms with Gasteiger partial charge in [-0.1, -0.05) is 31.5 Å². The number of hydrogen-bond acceptors (Lipinski definition) is 3. The minimum absolute atomic E-state index is 0.0379. The summed E-state index contributed by atoms with van der Waals surface area (Å²) in [6.45, 7) is 12.6. The molecule has 0 aliphatic heterocycles. The molecular formula is C16H28N2O. The predicted molar refractivity (Wildman–Crippen MR) is 81.6 cm³/mol. The van der Waals surface area contributed by atoms with E-state index in [4.69, 9.17) is 5.73 Å². The zero-order valence-corrected chi connectivity index (χ0v) is 12.9. The molecule has 0 heterocycles. The predicted octanol–water partition coefficient (Wildman–Crippen LogP) is 1.80. The molecular weight excluding hydrogens is 236 g/mol. The van der Waals surface area contributed by atoms with Gasteiger partial charge in [-0.25, -0.2) is 0 Å². The number of aliphatic hydroxyl groups excluding tert-OH is 1. The number of hydrogen-bond donors (Lipinski definition) is 3. The van der Waals surface area contributed by atoms with Crippen LogP contribution in [0.1, 0.15) is 36.1 Å². The van der Waals surface area contributed by atoms with Crippen LogP contribution in [0.3, 0.4) is 0 Å². The van der Waals surface area contributed by atoms with Gasteiger partial charge in [-0.2, -0.15) is 0 Å². The minimum atomic E-state index is -0.462. The Bertz CT molecular complexity index is 404. The van der Waals surface area contributed by atoms with Crippen molar-refractivity contribution in [2.45, 2.75) is 46.1 Å². The largest absolute Gasteiger partial charge is 0.390 e. The van der Waals surface area contributed by atoms with Crippen LogP contribution in [0.15, 0.2) is 12.1 Å². The van der Waals surface area contributed by atoms with Crippen molar-refractivity contribution in [3.63, 3.8) is 0 Å². The Morgan fingerprint density at radius 1 is 1.21 bits per heavy atom. The number of aliphatic hydroxyl groups is 1. The van der Waals surface area contributed by atoms with Crippen LogP contribution in [0.5, 0.6) is 0 Å². The fourth-order valence-corrected chi connectivity index (χ4v) is 2.97. The smallest absolute Gasteiger partial charge is 0.0786 e. The van der Waals surface area contributed by atoms with Gasteiger partial charge >= 0.3 is 0 Å². The Morgan fingerprint density at radius 3 is 2.21 bits per heavy atom. The zero-order valence-electron chi connectivity index (χ0n) is 12.9. The highest BCUT2D eigenvalue weighted by molar-refractivity contribution is 5.42. The van der Waals surface area contributed by atoms with Crippen molar-refractivity contribution in [2.75, 3.05) is 19.6 Å². The van der Waals surface area contributed by atoms with E-state index in [-0.39, 0.29) is 5.41 Å². The first-order valence-corrected chi connectivity index (χ1v) is 6.95. The van der Waals surface area contributed by atoms with E-state index in [0.29, 0.717) is 13.1 Å². The van der Waals surface area contributed by atoms with Gasteiger partial charge in [0, 0.05) is 25.0 Å². The van der Waals surface area contributed by atoms with Crippen molar-refractivity contribution in [3.8, 4) is 0 Å². The number of nitrogens with one attached hydrogen (secondary N) is 1. The van der Waals surface area contributed by atoms with Crippen LogP contribution in [-0.2, 0) is 5.41 Å². The van der Waals surface area contributed by atoms with E-state index in [1.165, 1.54) is 22.3 Å². The van der Waals surface area contributed by atoms with E-state index in [1.54, 1.807) is 0 Å². The second-order valence-corrected chi connectivity index (χ2v) is 6.18. The molecule has 0 aromatic heterocycles. The Morgan fingerprint density at radius 2 is 1.74 bits per heavy atom. The summed E-state index contributed by atoms with van der Waals surface area (Å²) in [4.78, 5) is 0. The van der Waals surface area contributed by atoms with Crippen molar-refractivity contribution in [1.82, 2.24) is 5.32 Å². The summed E-state index contributed by atoms with van der Waals surface area (Å²) in [5.74, 6) is 0. The van der Waals surface area contributed by atoms with E-state index in [1.807, 2.05) is 0 Å². The highest BCUT2D eigenvalue weighted by Crippen LogP contribution is 2.29. The van der Waals surface area contributed by atoms with E-state index in [0.717, 1.165) is 6.54 Å². The van der Waals surface area contributed by atoms with E-state index >= 15 is 0 Å². The zero-order chi connectivity index (χ0) is 14.6. The van der Waals surface area contributed by atoms with E-state index in [2.05, 4.69) is 52.1 Å². The molecule has 0 bridgehead atoms. The lowest BCUT2D eigenvalue weighted by molar-refractivity contribution is 0.177. The first kappa shape index (κ1) is 16.2. The van der Waals surface area contributed by atoms with Crippen molar-refractivity contribution in [2.24, 2.45) is 5.73 Å². The normalized spacial score (nSPS) is 13.6. The Kier molecular flexibility index (Phi) is 5.53. The monoisotopic (exact) mass is 264 g/mol. The van der Waals surface area contributed by atoms with Gasteiger partial charge in [0.1, 0.15) is 0 Å². The average molecular weight is 264 g/mol. The standard InChI is InChI=1S/C16H28N2O/c1-11-6-12(2)15(13(3)7-11)16(4,5)10-18-9-14(19)8-17/h6-7,14,18-19H,8-10,17H2,1-5H3. The molecule has 3 nitrogen and oxygen atoms in total.